The summed E-state index contributed by atoms with van der Waals surface area (Å²) >= 11 is 0. The van der Waals surface area contributed by atoms with Crippen molar-refractivity contribution in [3.05, 3.63) is 33.9 Å². The Kier molecular flexibility index (Phi) is 3.58. The highest BCUT2D eigenvalue weighted by Crippen LogP contribution is 2.25. The first-order valence-electron chi connectivity index (χ1n) is 5.86. The van der Waals surface area contributed by atoms with Gasteiger partial charge in [-0.1, -0.05) is 6.42 Å². The van der Waals surface area contributed by atoms with E-state index in [1.165, 1.54) is 31.0 Å². The summed E-state index contributed by atoms with van der Waals surface area (Å²) in [4.78, 5) is 10.2. The summed E-state index contributed by atoms with van der Waals surface area (Å²) in [5.41, 5.74) is 0.687. The average Bonchev–Trinajstić information content (AvgIpc) is 2.33. The summed E-state index contributed by atoms with van der Waals surface area (Å²) in [5, 5.41) is 23.7. The van der Waals surface area contributed by atoms with Crippen LogP contribution in [0.5, 0.6) is 5.75 Å². The quantitative estimate of drug-likeness (QED) is 0.621. The topological polar surface area (TPSA) is 75.4 Å². The zero-order valence-corrected chi connectivity index (χ0v) is 9.56. The number of nitrogens with one attached hydrogen (secondary N) is 1. The molecule has 1 fully saturated rings. The minimum absolute atomic E-state index is 0.0357. The molecule has 0 aliphatic carbocycles. The first-order chi connectivity index (χ1) is 8.16. The molecule has 92 valence electrons. The Balaban J connectivity index is 2.13. The number of nitro groups is 1. The van der Waals surface area contributed by atoms with E-state index in [4.69, 9.17) is 0 Å². The summed E-state index contributed by atoms with van der Waals surface area (Å²) in [7, 11) is 0. The lowest BCUT2D eigenvalue weighted by molar-refractivity contribution is -0.384. The van der Waals surface area contributed by atoms with Gasteiger partial charge in [-0.25, -0.2) is 0 Å². The molecule has 5 nitrogen and oxygen atoms in total. The first-order valence-corrected chi connectivity index (χ1v) is 5.86. The summed E-state index contributed by atoms with van der Waals surface area (Å²) in [5.74, 6) is 0.142. The fraction of sp³-hybridized carbons (Fsp3) is 0.500. The third-order valence-electron chi connectivity index (χ3n) is 3.15. The minimum Gasteiger partial charge on any atom is -0.508 e. The Hall–Kier alpha value is -1.62. The summed E-state index contributed by atoms with van der Waals surface area (Å²) in [6.07, 6.45) is 4.06. The van der Waals surface area contributed by atoms with Crippen molar-refractivity contribution >= 4 is 5.69 Å². The molecule has 0 radical (unpaired) electrons. The van der Waals surface area contributed by atoms with Crippen LogP contribution in [0.3, 0.4) is 0 Å². The number of hydrogen-bond donors (Lipinski definition) is 2. The van der Waals surface area contributed by atoms with Crippen molar-refractivity contribution in [2.45, 2.75) is 31.7 Å². The molecule has 0 amide bonds. The minimum atomic E-state index is -0.433. The van der Waals surface area contributed by atoms with Gasteiger partial charge >= 0.3 is 0 Å². The van der Waals surface area contributed by atoms with Crippen molar-refractivity contribution in [3.8, 4) is 5.75 Å². The van der Waals surface area contributed by atoms with E-state index in [2.05, 4.69) is 5.32 Å². The fourth-order valence-corrected chi connectivity index (χ4v) is 2.21. The normalized spacial score (nSPS) is 20.1. The zero-order chi connectivity index (χ0) is 12.3. The molecule has 1 saturated heterocycles. The van der Waals surface area contributed by atoms with E-state index in [1.807, 2.05) is 0 Å². The summed E-state index contributed by atoms with van der Waals surface area (Å²) in [6, 6.07) is 4.51. The highest BCUT2D eigenvalue weighted by atomic mass is 16.6. The summed E-state index contributed by atoms with van der Waals surface area (Å²) < 4.78 is 0. The molecule has 5 heteroatoms. The van der Waals surface area contributed by atoms with Gasteiger partial charge in [-0.15, -0.1) is 0 Å². The number of piperidine rings is 1. The lowest BCUT2D eigenvalue weighted by Gasteiger charge is -2.23. The Morgan fingerprint density at radius 2 is 2.29 bits per heavy atom. The van der Waals surface area contributed by atoms with Gasteiger partial charge < -0.3 is 10.4 Å². The molecule has 0 saturated carbocycles. The maximum absolute atomic E-state index is 10.7. The molecule has 1 heterocycles. The smallest absolute Gasteiger partial charge is 0.269 e. The third-order valence-corrected chi connectivity index (χ3v) is 3.15. The molecule has 1 aliphatic heterocycles. The molecule has 2 rings (SSSR count). The number of phenols is 1. The highest BCUT2D eigenvalue weighted by molar-refractivity contribution is 5.43. The van der Waals surface area contributed by atoms with Crippen LogP contribution in [0, 0.1) is 10.1 Å². The second-order valence-electron chi connectivity index (χ2n) is 4.42. The van der Waals surface area contributed by atoms with E-state index in [1.54, 1.807) is 0 Å². The number of non-ortho nitro benzene ring substituents is 1. The SMILES string of the molecule is O=[N+]([O-])c1ccc(O)c(CC2CCCCN2)c1. The maximum atomic E-state index is 10.7. The standard InChI is InChI=1S/C12H16N2O3/c15-12-5-4-11(14(16)17)8-9(12)7-10-3-1-2-6-13-10/h4-5,8,10,13,15H,1-3,6-7H2. The number of hydrogen-bond acceptors (Lipinski definition) is 4. The number of phenolic OH excluding ortho intramolecular Hbond substituents is 1. The van der Waals surface area contributed by atoms with Crippen LogP contribution in [-0.2, 0) is 6.42 Å². The van der Waals surface area contributed by atoms with Crippen LogP contribution in [-0.4, -0.2) is 22.6 Å². The van der Waals surface area contributed by atoms with Gasteiger partial charge in [0.05, 0.1) is 4.92 Å². The Labute approximate surface area is 99.6 Å². The van der Waals surface area contributed by atoms with Crippen LogP contribution in [0.4, 0.5) is 5.69 Å². The fourth-order valence-electron chi connectivity index (χ4n) is 2.21. The van der Waals surface area contributed by atoms with Gasteiger partial charge in [0.15, 0.2) is 0 Å². The van der Waals surface area contributed by atoms with E-state index >= 15 is 0 Å². The van der Waals surface area contributed by atoms with Crippen LogP contribution >= 0.6 is 0 Å². The molecule has 1 atom stereocenters. The van der Waals surface area contributed by atoms with Crippen LogP contribution in [0.25, 0.3) is 0 Å². The average molecular weight is 236 g/mol. The van der Waals surface area contributed by atoms with Gasteiger partial charge in [-0.05, 0) is 31.9 Å². The van der Waals surface area contributed by atoms with Crippen molar-refractivity contribution in [1.29, 1.82) is 0 Å². The predicted octanol–water partition coefficient (Wildman–Crippen LogP) is 1.98. The highest BCUT2D eigenvalue weighted by Gasteiger charge is 2.17. The number of aromatic hydroxyl groups is 1. The zero-order valence-electron chi connectivity index (χ0n) is 9.56. The summed E-state index contributed by atoms with van der Waals surface area (Å²) in [6.45, 7) is 0.986. The first kappa shape index (κ1) is 11.9. The Morgan fingerprint density at radius 1 is 1.47 bits per heavy atom. The number of benzene rings is 1. The van der Waals surface area contributed by atoms with Gasteiger partial charge in [-0.3, -0.25) is 10.1 Å². The van der Waals surface area contributed by atoms with Crippen LogP contribution < -0.4 is 5.32 Å². The molecule has 0 bridgehead atoms. The van der Waals surface area contributed by atoms with Crippen molar-refractivity contribution in [2.24, 2.45) is 0 Å². The van der Waals surface area contributed by atoms with Gasteiger partial charge in [0, 0.05) is 23.7 Å². The molecule has 17 heavy (non-hydrogen) atoms. The van der Waals surface area contributed by atoms with Gasteiger partial charge in [0.2, 0.25) is 0 Å². The Bertz CT molecular complexity index is 414. The van der Waals surface area contributed by atoms with E-state index in [9.17, 15) is 15.2 Å². The molecule has 1 unspecified atom stereocenters. The van der Waals surface area contributed by atoms with Gasteiger partial charge in [0.25, 0.3) is 5.69 Å². The monoisotopic (exact) mass is 236 g/mol. The molecule has 0 aromatic heterocycles. The molecule has 0 spiro atoms. The molecular weight excluding hydrogens is 220 g/mol. The second-order valence-corrected chi connectivity index (χ2v) is 4.42. The van der Waals surface area contributed by atoms with Crippen LogP contribution in [0.15, 0.2) is 18.2 Å². The van der Waals surface area contributed by atoms with Gasteiger partial charge in [0.1, 0.15) is 5.75 Å². The molecule has 1 aromatic rings. The largest absolute Gasteiger partial charge is 0.508 e. The molecular formula is C12H16N2O3. The molecule has 1 aromatic carbocycles. The molecule has 1 aliphatic rings. The third kappa shape index (κ3) is 2.94. The van der Waals surface area contributed by atoms with Crippen LogP contribution in [0.1, 0.15) is 24.8 Å². The van der Waals surface area contributed by atoms with Crippen molar-refractivity contribution in [1.82, 2.24) is 5.32 Å². The van der Waals surface area contributed by atoms with E-state index in [-0.39, 0.29) is 11.4 Å². The number of rotatable bonds is 3. The maximum Gasteiger partial charge on any atom is 0.269 e. The van der Waals surface area contributed by atoms with Crippen molar-refractivity contribution in [3.63, 3.8) is 0 Å². The van der Waals surface area contributed by atoms with Crippen molar-refractivity contribution in [2.75, 3.05) is 6.54 Å². The Morgan fingerprint density at radius 3 is 2.94 bits per heavy atom. The second kappa shape index (κ2) is 5.14. The lowest BCUT2D eigenvalue weighted by Crippen LogP contribution is -2.35. The van der Waals surface area contributed by atoms with Crippen molar-refractivity contribution < 1.29 is 10.0 Å². The van der Waals surface area contributed by atoms with E-state index in [0.29, 0.717) is 18.0 Å². The number of nitrogens with zero attached hydrogens (tertiary/aromatic N) is 1. The van der Waals surface area contributed by atoms with Gasteiger partial charge in [-0.2, -0.15) is 0 Å². The van der Waals surface area contributed by atoms with E-state index < -0.39 is 4.92 Å². The predicted molar refractivity (Wildman–Crippen MR) is 64.1 cm³/mol. The number of nitro benzene ring substituents is 1. The van der Waals surface area contributed by atoms with E-state index in [0.717, 1.165) is 13.0 Å². The van der Waals surface area contributed by atoms with Crippen LogP contribution in [0.2, 0.25) is 0 Å². The lowest BCUT2D eigenvalue weighted by atomic mass is 9.97. The molecule has 2 N–H and O–H groups in total.